The number of hydrogen-bond acceptors (Lipinski definition) is 2. The molecule has 1 aliphatic rings. The lowest BCUT2D eigenvalue weighted by atomic mass is 9.90. The minimum absolute atomic E-state index is 0.0760. The predicted molar refractivity (Wildman–Crippen MR) is 93.0 cm³/mol. The second kappa shape index (κ2) is 6.04. The fourth-order valence-corrected chi connectivity index (χ4v) is 3.66. The highest BCUT2D eigenvalue weighted by molar-refractivity contribution is 9.10. The van der Waals surface area contributed by atoms with Crippen molar-refractivity contribution >= 4 is 26.7 Å². The first-order valence-corrected chi connectivity index (χ1v) is 8.51. The van der Waals surface area contributed by atoms with Crippen LogP contribution in [0.5, 0.6) is 5.75 Å². The molecule has 2 unspecified atom stereocenters. The van der Waals surface area contributed by atoms with Crippen LogP contribution in [0.4, 0.5) is 13.2 Å². The summed E-state index contributed by atoms with van der Waals surface area (Å²) in [6.07, 6.45) is -0.437. The third kappa shape index (κ3) is 2.79. The van der Waals surface area contributed by atoms with E-state index >= 15 is 0 Å². The molecule has 25 heavy (non-hydrogen) atoms. The van der Waals surface area contributed by atoms with Crippen molar-refractivity contribution < 1.29 is 17.9 Å². The number of halogens is 4. The summed E-state index contributed by atoms with van der Waals surface area (Å²) in [6, 6.07) is 10.3. The summed E-state index contributed by atoms with van der Waals surface area (Å²) in [7, 11) is 0. The van der Waals surface area contributed by atoms with E-state index in [1.165, 1.54) is 0 Å². The molecule has 0 amide bonds. The van der Waals surface area contributed by atoms with Gasteiger partial charge in [0.1, 0.15) is 17.7 Å². The van der Waals surface area contributed by atoms with Gasteiger partial charge in [-0.3, -0.25) is 0 Å². The normalized spacial score (nSPS) is 19.6. The lowest BCUT2D eigenvalue weighted by Crippen LogP contribution is -2.38. The van der Waals surface area contributed by atoms with E-state index in [9.17, 15) is 13.2 Å². The summed E-state index contributed by atoms with van der Waals surface area (Å²) >= 11 is 3.44. The van der Waals surface area contributed by atoms with Gasteiger partial charge in [-0.2, -0.15) is 0 Å². The summed E-state index contributed by atoms with van der Waals surface area (Å²) in [6.45, 7) is 0. The second-order valence-corrected chi connectivity index (χ2v) is 7.02. The minimum atomic E-state index is -1.23. The van der Waals surface area contributed by atoms with Crippen LogP contribution >= 0.6 is 15.9 Å². The molecule has 3 aromatic rings. The van der Waals surface area contributed by atoms with E-state index in [0.29, 0.717) is 18.2 Å². The minimum Gasteiger partial charge on any atom is -0.484 e. The molecule has 0 spiro atoms. The van der Waals surface area contributed by atoms with E-state index < -0.39 is 29.6 Å². The summed E-state index contributed by atoms with van der Waals surface area (Å²) in [5, 5.41) is 2.03. The number of ether oxygens (including phenoxy) is 1. The standard InChI is InChI=1S/C19H13BrF3NO/c20-10-2-3-11-9(5-10)1-4-18-12(11)7-17(24)19(25-18)13-6-15(22)16(23)8-14(13)21/h1-6,8,17,19H,7,24H2. The first-order valence-electron chi connectivity index (χ1n) is 7.72. The molecule has 1 aliphatic heterocycles. The zero-order valence-corrected chi connectivity index (χ0v) is 14.5. The molecule has 2 nitrogen and oxygen atoms in total. The molecule has 2 N–H and O–H groups in total. The average molecular weight is 408 g/mol. The van der Waals surface area contributed by atoms with Gasteiger partial charge in [0.05, 0.1) is 6.04 Å². The highest BCUT2D eigenvalue weighted by Gasteiger charge is 2.32. The molecule has 0 saturated carbocycles. The van der Waals surface area contributed by atoms with Gasteiger partial charge in [-0.05, 0) is 41.5 Å². The largest absolute Gasteiger partial charge is 0.484 e. The Labute approximate surface area is 150 Å². The van der Waals surface area contributed by atoms with E-state index in [4.69, 9.17) is 10.5 Å². The average Bonchev–Trinajstić information content (AvgIpc) is 2.57. The Hall–Kier alpha value is -2.05. The molecular weight excluding hydrogens is 395 g/mol. The molecule has 0 aromatic heterocycles. The molecule has 0 bridgehead atoms. The Morgan fingerprint density at radius 1 is 0.960 bits per heavy atom. The maximum absolute atomic E-state index is 14.1. The maximum atomic E-state index is 14.1. The van der Waals surface area contributed by atoms with Crippen LogP contribution < -0.4 is 10.5 Å². The van der Waals surface area contributed by atoms with Crippen molar-refractivity contribution in [1.82, 2.24) is 0 Å². The van der Waals surface area contributed by atoms with Crippen molar-refractivity contribution in [3.63, 3.8) is 0 Å². The zero-order chi connectivity index (χ0) is 17.7. The van der Waals surface area contributed by atoms with E-state index in [-0.39, 0.29) is 5.56 Å². The molecular formula is C19H13BrF3NO. The van der Waals surface area contributed by atoms with Crippen LogP contribution in [0, 0.1) is 17.5 Å². The van der Waals surface area contributed by atoms with E-state index in [0.717, 1.165) is 26.9 Å². The Morgan fingerprint density at radius 2 is 1.72 bits per heavy atom. The van der Waals surface area contributed by atoms with Crippen LogP contribution in [0.25, 0.3) is 10.8 Å². The zero-order valence-electron chi connectivity index (χ0n) is 12.9. The van der Waals surface area contributed by atoms with Gasteiger partial charge in [0.25, 0.3) is 0 Å². The van der Waals surface area contributed by atoms with Crippen LogP contribution in [-0.4, -0.2) is 6.04 Å². The van der Waals surface area contributed by atoms with Gasteiger partial charge in [0.15, 0.2) is 11.6 Å². The lowest BCUT2D eigenvalue weighted by Gasteiger charge is -2.32. The van der Waals surface area contributed by atoms with E-state index in [1.54, 1.807) is 6.07 Å². The topological polar surface area (TPSA) is 35.2 Å². The number of benzene rings is 3. The fourth-order valence-electron chi connectivity index (χ4n) is 3.28. The predicted octanol–water partition coefficient (Wildman–Crippen LogP) is 5.02. The van der Waals surface area contributed by atoms with Crippen molar-refractivity contribution in [3.05, 3.63) is 75.5 Å². The molecule has 2 atom stereocenters. The van der Waals surface area contributed by atoms with Gasteiger partial charge in [-0.1, -0.05) is 28.1 Å². The fraction of sp³-hybridized carbons (Fsp3) is 0.158. The molecule has 0 radical (unpaired) electrons. The van der Waals surface area contributed by atoms with Gasteiger partial charge < -0.3 is 10.5 Å². The molecule has 1 heterocycles. The van der Waals surface area contributed by atoms with Crippen molar-refractivity contribution in [2.75, 3.05) is 0 Å². The van der Waals surface area contributed by atoms with Gasteiger partial charge in [0, 0.05) is 21.7 Å². The highest BCUT2D eigenvalue weighted by Crippen LogP contribution is 2.39. The Morgan fingerprint density at radius 3 is 2.52 bits per heavy atom. The molecule has 3 aromatic carbocycles. The van der Waals surface area contributed by atoms with E-state index in [1.807, 2.05) is 24.3 Å². The van der Waals surface area contributed by atoms with Gasteiger partial charge in [0.2, 0.25) is 0 Å². The van der Waals surface area contributed by atoms with Crippen LogP contribution in [-0.2, 0) is 6.42 Å². The highest BCUT2D eigenvalue weighted by atomic mass is 79.9. The molecule has 0 fully saturated rings. The third-order valence-electron chi connectivity index (χ3n) is 4.48. The Kier molecular flexibility index (Phi) is 3.96. The monoisotopic (exact) mass is 407 g/mol. The van der Waals surface area contributed by atoms with E-state index in [2.05, 4.69) is 15.9 Å². The molecule has 6 heteroatoms. The maximum Gasteiger partial charge on any atom is 0.161 e. The van der Waals surface area contributed by atoms with Crippen molar-refractivity contribution in [3.8, 4) is 5.75 Å². The number of rotatable bonds is 1. The van der Waals surface area contributed by atoms with Crippen molar-refractivity contribution in [2.45, 2.75) is 18.6 Å². The first kappa shape index (κ1) is 16.4. The molecule has 0 saturated heterocycles. The molecule has 128 valence electrons. The van der Waals surface area contributed by atoms with Gasteiger partial charge in [-0.15, -0.1) is 0 Å². The SMILES string of the molecule is NC1Cc2c(ccc3cc(Br)ccc23)OC1c1cc(F)c(F)cc1F. The second-order valence-electron chi connectivity index (χ2n) is 6.10. The lowest BCUT2D eigenvalue weighted by molar-refractivity contribution is 0.149. The smallest absolute Gasteiger partial charge is 0.161 e. The van der Waals surface area contributed by atoms with Gasteiger partial charge in [-0.25, -0.2) is 13.2 Å². The molecule has 4 rings (SSSR count). The van der Waals surface area contributed by atoms with Crippen LogP contribution in [0.3, 0.4) is 0 Å². The van der Waals surface area contributed by atoms with Crippen LogP contribution in [0.15, 0.2) is 46.9 Å². The van der Waals surface area contributed by atoms with Crippen LogP contribution in [0.1, 0.15) is 17.2 Å². The quantitative estimate of drug-likeness (QED) is 0.574. The van der Waals surface area contributed by atoms with Gasteiger partial charge >= 0.3 is 0 Å². The summed E-state index contributed by atoms with van der Waals surface area (Å²) in [4.78, 5) is 0. The summed E-state index contributed by atoms with van der Waals surface area (Å²) in [5.41, 5.74) is 7.04. The van der Waals surface area contributed by atoms with Crippen LogP contribution in [0.2, 0.25) is 0 Å². The summed E-state index contributed by atoms with van der Waals surface area (Å²) < 4.78 is 47.7. The number of hydrogen-bond donors (Lipinski definition) is 1. The summed E-state index contributed by atoms with van der Waals surface area (Å²) in [5.74, 6) is -2.65. The number of nitrogens with two attached hydrogens (primary N) is 1. The van der Waals surface area contributed by atoms with Crippen molar-refractivity contribution in [2.24, 2.45) is 5.73 Å². The van der Waals surface area contributed by atoms with Crippen molar-refractivity contribution in [1.29, 1.82) is 0 Å². The Balaban J connectivity index is 1.80. The number of fused-ring (bicyclic) bond motifs is 3. The molecule has 0 aliphatic carbocycles. The Bertz CT molecular complexity index is 992. The third-order valence-corrected chi connectivity index (χ3v) is 4.97. The first-order chi connectivity index (χ1) is 11.9.